The Bertz CT molecular complexity index is 707. The standard InChI is InChI=1S/C20H27N3O3S/c1-5-27-14-15-6-8-16(9-7-15)18(24)23-11-10-22(13-17(23)12-21)19(25)26-20(2,3)4/h6-9,17H,5,10-11,13-14H2,1-4H3/t17-/m0/s1. The van der Waals surface area contributed by atoms with Gasteiger partial charge in [0.15, 0.2) is 0 Å². The molecule has 1 saturated heterocycles. The molecule has 1 atom stereocenters. The number of hydrogen-bond donors (Lipinski definition) is 0. The number of hydrogen-bond acceptors (Lipinski definition) is 5. The van der Waals surface area contributed by atoms with Gasteiger partial charge in [-0.15, -0.1) is 0 Å². The molecule has 1 aliphatic heterocycles. The highest BCUT2D eigenvalue weighted by Crippen LogP contribution is 2.18. The maximum Gasteiger partial charge on any atom is 0.410 e. The van der Waals surface area contributed by atoms with Gasteiger partial charge < -0.3 is 14.5 Å². The highest BCUT2D eigenvalue weighted by Gasteiger charge is 2.34. The normalized spacial score (nSPS) is 17.4. The lowest BCUT2D eigenvalue weighted by molar-refractivity contribution is 0.00926. The molecule has 0 aromatic heterocycles. The number of ether oxygens (including phenoxy) is 1. The van der Waals surface area contributed by atoms with Gasteiger partial charge in [-0.3, -0.25) is 4.79 Å². The topological polar surface area (TPSA) is 73.6 Å². The first kappa shape index (κ1) is 21.1. The zero-order valence-electron chi connectivity index (χ0n) is 16.4. The third-order valence-electron chi connectivity index (χ3n) is 4.12. The van der Waals surface area contributed by atoms with E-state index in [-0.39, 0.29) is 12.5 Å². The van der Waals surface area contributed by atoms with E-state index in [9.17, 15) is 14.9 Å². The lowest BCUT2D eigenvalue weighted by Crippen LogP contribution is -2.56. The van der Waals surface area contributed by atoms with Crippen LogP contribution >= 0.6 is 11.8 Å². The largest absolute Gasteiger partial charge is 0.444 e. The van der Waals surface area contributed by atoms with Crippen molar-refractivity contribution in [1.29, 1.82) is 5.26 Å². The maximum atomic E-state index is 12.8. The van der Waals surface area contributed by atoms with Crippen molar-refractivity contribution < 1.29 is 14.3 Å². The van der Waals surface area contributed by atoms with Crippen molar-refractivity contribution in [2.24, 2.45) is 0 Å². The summed E-state index contributed by atoms with van der Waals surface area (Å²) in [6, 6.07) is 8.98. The van der Waals surface area contributed by atoms with Crippen molar-refractivity contribution in [3.05, 3.63) is 35.4 Å². The quantitative estimate of drug-likeness (QED) is 0.788. The summed E-state index contributed by atoms with van der Waals surface area (Å²) in [6.45, 7) is 8.33. The number of amides is 2. The second kappa shape index (κ2) is 9.14. The summed E-state index contributed by atoms with van der Waals surface area (Å²) in [6.07, 6.45) is -0.451. The van der Waals surface area contributed by atoms with Gasteiger partial charge in [-0.1, -0.05) is 19.1 Å². The minimum Gasteiger partial charge on any atom is -0.444 e. The van der Waals surface area contributed by atoms with E-state index < -0.39 is 17.7 Å². The van der Waals surface area contributed by atoms with Gasteiger partial charge in [0.25, 0.3) is 5.91 Å². The SMILES string of the molecule is CCSCc1ccc(C(=O)N2CCN(C(=O)OC(C)(C)C)C[C@@H]2C#N)cc1. The zero-order valence-corrected chi connectivity index (χ0v) is 17.2. The maximum absolute atomic E-state index is 12.8. The van der Waals surface area contributed by atoms with E-state index in [4.69, 9.17) is 4.74 Å². The predicted molar refractivity (Wildman–Crippen MR) is 107 cm³/mol. The minimum absolute atomic E-state index is 0.155. The van der Waals surface area contributed by atoms with Crippen molar-refractivity contribution in [3.63, 3.8) is 0 Å². The fourth-order valence-electron chi connectivity index (χ4n) is 2.76. The highest BCUT2D eigenvalue weighted by molar-refractivity contribution is 7.98. The van der Waals surface area contributed by atoms with E-state index in [0.29, 0.717) is 18.7 Å². The fraction of sp³-hybridized carbons (Fsp3) is 0.550. The van der Waals surface area contributed by atoms with Gasteiger partial charge in [-0.2, -0.15) is 17.0 Å². The van der Waals surface area contributed by atoms with Gasteiger partial charge in [0.05, 0.1) is 12.6 Å². The van der Waals surface area contributed by atoms with E-state index in [0.717, 1.165) is 11.5 Å². The Labute approximate surface area is 165 Å². The number of nitriles is 1. The van der Waals surface area contributed by atoms with Crippen LogP contribution in [0.15, 0.2) is 24.3 Å². The second-order valence-corrected chi connectivity index (χ2v) is 8.68. The molecule has 6 nitrogen and oxygen atoms in total. The molecule has 0 radical (unpaired) electrons. The molecular weight excluding hydrogens is 362 g/mol. The van der Waals surface area contributed by atoms with Crippen molar-refractivity contribution in [2.75, 3.05) is 25.4 Å². The van der Waals surface area contributed by atoms with Crippen LogP contribution in [0.3, 0.4) is 0 Å². The van der Waals surface area contributed by atoms with Crippen LogP contribution in [0.2, 0.25) is 0 Å². The summed E-state index contributed by atoms with van der Waals surface area (Å²) >= 11 is 1.83. The molecule has 0 spiro atoms. The molecule has 1 aliphatic rings. The number of carbonyl (C=O) groups is 2. The third kappa shape index (κ3) is 5.90. The number of nitrogens with zero attached hydrogens (tertiary/aromatic N) is 3. The van der Waals surface area contributed by atoms with Crippen molar-refractivity contribution in [2.45, 2.75) is 45.1 Å². The molecule has 7 heteroatoms. The van der Waals surface area contributed by atoms with Crippen LogP contribution in [-0.2, 0) is 10.5 Å². The Morgan fingerprint density at radius 2 is 1.93 bits per heavy atom. The first-order chi connectivity index (χ1) is 12.7. The summed E-state index contributed by atoms with van der Waals surface area (Å²) in [5.74, 6) is 1.78. The summed E-state index contributed by atoms with van der Waals surface area (Å²) in [4.78, 5) is 28.1. The average molecular weight is 390 g/mol. The van der Waals surface area contributed by atoms with Crippen LogP contribution in [0.4, 0.5) is 4.79 Å². The average Bonchev–Trinajstić information content (AvgIpc) is 2.64. The molecule has 1 heterocycles. The Morgan fingerprint density at radius 3 is 2.48 bits per heavy atom. The number of rotatable bonds is 4. The van der Waals surface area contributed by atoms with Crippen LogP contribution in [0.25, 0.3) is 0 Å². The molecular formula is C20H27N3O3S. The van der Waals surface area contributed by atoms with E-state index in [1.807, 2.05) is 36.0 Å². The van der Waals surface area contributed by atoms with Crippen LogP contribution in [0, 0.1) is 11.3 Å². The molecule has 0 bridgehead atoms. The molecule has 1 aromatic carbocycles. The Balaban J connectivity index is 2.03. The Kier molecular flexibility index (Phi) is 7.14. The number of thioether (sulfide) groups is 1. The molecule has 2 amide bonds. The first-order valence-electron chi connectivity index (χ1n) is 9.10. The van der Waals surface area contributed by atoms with E-state index >= 15 is 0 Å². The summed E-state index contributed by atoms with van der Waals surface area (Å²) in [5.41, 5.74) is 1.14. The van der Waals surface area contributed by atoms with E-state index in [1.165, 1.54) is 15.4 Å². The van der Waals surface area contributed by atoms with Crippen molar-refractivity contribution in [3.8, 4) is 6.07 Å². The molecule has 2 rings (SSSR count). The molecule has 1 fully saturated rings. The van der Waals surface area contributed by atoms with Gasteiger partial charge in [0.2, 0.25) is 0 Å². The van der Waals surface area contributed by atoms with Gasteiger partial charge >= 0.3 is 6.09 Å². The van der Waals surface area contributed by atoms with Gasteiger partial charge in [0.1, 0.15) is 11.6 Å². The lowest BCUT2D eigenvalue weighted by atomic mass is 10.1. The third-order valence-corrected chi connectivity index (χ3v) is 5.06. The van der Waals surface area contributed by atoms with Crippen molar-refractivity contribution >= 4 is 23.8 Å². The molecule has 0 N–H and O–H groups in total. The highest BCUT2D eigenvalue weighted by atomic mass is 32.2. The molecule has 146 valence electrons. The predicted octanol–water partition coefficient (Wildman–Crippen LogP) is 3.52. The zero-order chi connectivity index (χ0) is 20.0. The van der Waals surface area contributed by atoms with Crippen LogP contribution in [0.1, 0.15) is 43.6 Å². The number of piperazine rings is 1. The van der Waals surface area contributed by atoms with Gasteiger partial charge in [-0.25, -0.2) is 4.79 Å². The minimum atomic E-state index is -0.686. The summed E-state index contributed by atoms with van der Waals surface area (Å²) < 4.78 is 5.37. The molecule has 27 heavy (non-hydrogen) atoms. The molecule has 0 unspecified atom stereocenters. The smallest absolute Gasteiger partial charge is 0.410 e. The fourth-order valence-corrected chi connectivity index (χ4v) is 3.39. The number of carbonyl (C=O) groups excluding carboxylic acids is 2. The first-order valence-corrected chi connectivity index (χ1v) is 10.3. The lowest BCUT2D eigenvalue weighted by Gasteiger charge is -2.38. The molecule has 1 aromatic rings. The Morgan fingerprint density at radius 1 is 1.26 bits per heavy atom. The number of benzene rings is 1. The summed E-state index contributed by atoms with van der Waals surface area (Å²) in [7, 11) is 0. The summed E-state index contributed by atoms with van der Waals surface area (Å²) in [5, 5.41) is 9.51. The van der Waals surface area contributed by atoms with Crippen LogP contribution in [-0.4, -0.2) is 58.8 Å². The molecule has 0 aliphatic carbocycles. The van der Waals surface area contributed by atoms with Crippen molar-refractivity contribution in [1.82, 2.24) is 9.80 Å². The van der Waals surface area contributed by atoms with Gasteiger partial charge in [-0.05, 0) is 44.2 Å². The van der Waals surface area contributed by atoms with E-state index in [2.05, 4.69) is 13.0 Å². The second-order valence-electron chi connectivity index (χ2n) is 7.40. The van der Waals surface area contributed by atoms with E-state index in [1.54, 1.807) is 20.8 Å². The molecule has 0 saturated carbocycles. The van der Waals surface area contributed by atoms with Crippen LogP contribution < -0.4 is 0 Å². The van der Waals surface area contributed by atoms with Gasteiger partial charge in [0, 0.05) is 24.4 Å². The Hall–Kier alpha value is -2.20. The monoisotopic (exact) mass is 389 g/mol. The van der Waals surface area contributed by atoms with Crippen LogP contribution in [0.5, 0.6) is 0 Å².